The van der Waals surface area contributed by atoms with Crippen molar-refractivity contribution in [2.75, 3.05) is 11.9 Å². The summed E-state index contributed by atoms with van der Waals surface area (Å²) in [6, 6.07) is 10.0. The molecular weight excluding hydrogens is 324 g/mol. The summed E-state index contributed by atoms with van der Waals surface area (Å²) >= 11 is 1.40. The van der Waals surface area contributed by atoms with Crippen molar-refractivity contribution in [1.82, 2.24) is 0 Å². The van der Waals surface area contributed by atoms with E-state index in [1.165, 1.54) is 16.9 Å². The minimum atomic E-state index is -0.486. The molecule has 3 N–H and O–H groups in total. The van der Waals surface area contributed by atoms with Crippen molar-refractivity contribution in [3.63, 3.8) is 0 Å². The lowest BCUT2D eigenvalue weighted by Crippen LogP contribution is -2.20. The van der Waals surface area contributed by atoms with Gasteiger partial charge in [0.15, 0.2) is 0 Å². The molecule has 6 heteroatoms. The highest BCUT2D eigenvalue weighted by molar-refractivity contribution is 7.17. The van der Waals surface area contributed by atoms with Gasteiger partial charge in [-0.3, -0.25) is 9.59 Å². The lowest BCUT2D eigenvalue weighted by atomic mass is 10.1. The summed E-state index contributed by atoms with van der Waals surface area (Å²) < 4.78 is 5.43. The molecule has 2 atom stereocenters. The second-order valence-electron chi connectivity index (χ2n) is 6.22. The summed E-state index contributed by atoms with van der Waals surface area (Å²) in [5.41, 5.74) is 8.13. The van der Waals surface area contributed by atoms with Crippen LogP contribution in [0.25, 0.3) is 0 Å². The van der Waals surface area contributed by atoms with Gasteiger partial charge >= 0.3 is 0 Å². The fourth-order valence-corrected chi connectivity index (χ4v) is 4.53. The average molecular weight is 342 g/mol. The number of hydrogen-bond donors (Lipinski definition) is 2. The maximum Gasteiger partial charge on any atom is 0.251 e. The first-order valence-corrected chi connectivity index (χ1v) is 8.84. The molecule has 0 radical (unpaired) electrons. The normalized spacial score (nSPS) is 21.8. The van der Waals surface area contributed by atoms with Gasteiger partial charge in [-0.2, -0.15) is 0 Å². The number of nitrogens with two attached hydrogens (primary N) is 1. The van der Waals surface area contributed by atoms with Crippen LogP contribution in [0.3, 0.4) is 0 Å². The van der Waals surface area contributed by atoms with Gasteiger partial charge in [-0.1, -0.05) is 30.3 Å². The van der Waals surface area contributed by atoms with Gasteiger partial charge in [0.25, 0.3) is 5.91 Å². The van der Waals surface area contributed by atoms with Crippen molar-refractivity contribution in [2.24, 2.45) is 11.7 Å². The summed E-state index contributed by atoms with van der Waals surface area (Å²) in [5.74, 6) is -0.296. The quantitative estimate of drug-likeness (QED) is 0.896. The third kappa shape index (κ3) is 2.72. The molecule has 0 bridgehead atoms. The standard InChI is InChI=1S/C18H18N2O3S/c19-16(21)15-11-6-7-23-9-14(11)24-18(15)20-17(22)13-8-12(13)10-4-2-1-3-5-10/h1-5,12-13H,6-9H2,(H2,19,21)(H,20,22). The van der Waals surface area contributed by atoms with Crippen molar-refractivity contribution in [2.45, 2.75) is 25.4 Å². The third-order valence-corrected chi connectivity index (χ3v) is 5.78. The molecule has 2 amide bonds. The average Bonchev–Trinajstić information content (AvgIpc) is 3.30. The van der Waals surface area contributed by atoms with Crippen LogP contribution < -0.4 is 11.1 Å². The Morgan fingerprint density at radius 2 is 2.04 bits per heavy atom. The van der Waals surface area contributed by atoms with Crippen LogP contribution >= 0.6 is 11.3 Å². The van der Waals surface area contributed by atoms with Crippen LogP contribution in [0.15, 0.2) is 30.3 Å². The lowest BCUT2D eigenvalue weighted by Gasteiger charge is -2.12. The topological polar surface area (TPSA) is 81.4 Å². The maximum atomic E-state index is 12.6. The van der Waals surface area contributed by atoms with Crippen molar-refractivity contribution in [1.29, 1.82) is 0 Å². The molecule has 1 fully saturated rings. The van der Waals surface area contributed by atoms with E-state index in [4.69, 9.17) is 10.5 Å². The van der Waals surface area contributed by atoms with Crippen molar-refractivity contribution in [3.05, 3.63) is 51.9 Å². The minimum absolute atomic E-state index is 0.0362. The number of carbonyl (C=O) groups is 2. The first-order valence-electron chi connectivity index (χ1n) is 8.03. The molecule has 0 saturated heterocycles. The number of nitrogens with one attached hydrogen (secondary N) is 1. The van der Waals surface area contributed by atoms with Gasteiger partial charge in [0.1, 0.15) is 5.00 Å². The van der Waals surface area contributed by atoms with Crippen molar-refractivity contribution in [3.8, 4) is 0 Å². The Hall–Kier alpha value is -2.18. The Morgan fingerprint density at radius 3 is 2.79 bits per heavy atom. The van der Waals surface area contributed by atoms with E-state index < -0.39 is 5.91 Å². The SMILES string of the molecule is NC(=O)c1c(NC(=O)C2CC2c2ccccc2)sc2c1CCOC2. The zero-order valence-corrected chi connectivity index (χ0v) is 13.9. The molecule has 1 saturated carbocycles. The molecule has 2 unspecified atom stereocenters. The molecule has 2 aliphatic rings. The van der Waals surface area contributed by atoms with E-state index in [0.717, 1.165) is 16.9 Å². The molecular formula is C18H18N2O3S. The van der Waals surface area contributed by atoms with E-state index >= 15 is 0 Å². The summed E-state index contributed by atoms with van der Waals surface area (Å²) in [4.78, 5) is 25.4. The fraction of sp³-hybridized carbons (Fsp3) is 0.333. The van der Waals surface area contributed by atoms with Crippen LogP contribution in [-0.2, 0) is 22.6 Å². The number of hydrogen-bond acceptors (Lipinski definition) is 4. The zero-order valence-electron chi connectivity index (χ0n) is 13.1. The summed E-state index contributed by atoms with van der Waals surface area (Å²) in [5, 5.41) is 3.50. The molecule has 0 spiro atoms. The van der Waals surface area contributed by atoms with E-state index in [-0.39, 0.29) is 17.7 Å². The van der Waals surface area contributed by atoms with E-state index in [2.05, 4.69) is 5.32 Å². The van der Waals surface area contributed by atoms with Gasteiger partial charge < -0.3 is 15.8 Å². The van der Waals surface area contributed by atoms with Crippen LogP contribution in [-0.4, -0.2) is 18.4 Å². The molecule has 2 aromatic rings. The lowest BCUT2D eigenvalue weighted by molar-refractivity contribution is -0.117. The second-order valence-corrected chi connectivity index (χ2v) is 7.33. The number of carbonyl (C=O) groups excluding carboxylic acids is 2. The van der Waals surface area contributed by atoms with E-state index in [9.17, 15) is 9.59 Å². The number of amides is 2. The number of rotatable bonds is 4. The smallest absolute Gasteiger partial charge is 0.251 e. The molecule has 1 aliphatic heterocycles. The first-order chi connectivity index (χ1) is 11.6. The van der Waals surface area contributed by atoms with Crippen LogP contribution in [0.2, 0.25) is 0 Å². The van der Waals surface area contributed by atoms with Gasteiger partial charge in [0, 0.05) is 10.8 Å². The summed E-state index contributed by atoms with van der Waals surface area (Å²) in [6.07, 6.45) is 1.51. The highest BCUT2D eigenvalue weighted by Gasteiger charge is 2.44. The molecule has 1 aromatic heterocycles. The molecule has 1 aliphatic carbocycles. The number of fused-ring (bicyclic) bond motifs is 1. The van der Waals surface area contributed by atoms with Crippen LogP contribution in [0.5, 0.6) is 0 Å². The van der Waals surface area contributed by atoms with E-state index in [0.29, 0.717) is 30.2 Å². The maximum absolute atomic E-state index is 12.6. The highest BCUT2D eigenvalue weighted by atomic mass is 32.1. The predicted molar refractivity (Wildman–Crippen MR) is 92.1 cm³/mol. The number of primary amides is 1. The van der Waals surface area contributed by atoms with Gasteiger partial charge in [0.05, 0.1) is 18.8 Å². The largest absolute Gasteiger partial charge is 0.376 e. The summed E-state index contributed by atoms with van der Waals surface area (Å²) in [6.45, 7) is 1.06. The van der Waals surface area contributed by atoms with Crippen LogP contribution in [0, 0.1) is 5.92 Å². The Labute approximate surface area is 143 Å². The second kappa shape index (κ2) is 6.03. The van der Waals surface area contributed by atoms with Gasteiger partial charge in [0.2, 0.25) is 5.91 Å². The van der Waals surface area contributed by atoms with Crippen molar-refractivity contribution < 1.29 is 14.3 Å². The Kier molecular flexibility index (Phi) is 3.86. The zero-order chi connectivity index (χ0) is 16.7. The predicted octanol–water partition coefficient (Wildman–Crippen LogP) is 2.66. The monoisotopic (exact) mass is 342 g/mol. The highest BCUT2D eigenvalue weighted by Crippen LogP contribution is 2.48. The molecule has 5 nitrogen and oxygen atoms in total. The molecule has 2 heterocycles. The van der Waals surface area contributed by atoms with E-state index in [1.807, 2.05) is 30.3 Å². The Balaban J connectivity index is 1.53. The Bertz CT molecular complexity index is 800. The van der Waals surface area contributed by atoms with Crippen LogP contribution in [0.1, 0.15) is 38.7 Å². The fourth-order valence-electron chi connectivity index (χ4n) is 3.34. The van der Waals surface area contributed by atoms with Gasteiger partial charge in [-0.15, -0.1) is 11.3 Å². The van der Waals surface area contributed by atoms with Crippen LogP contribution in [0.4, 0.5) is 5.00 Å². The third-order valence-electron chi connectivity index (χ3n) is 4.66. The van der Waals surface area contributed by atoms with Crippen molar-refractivity contribution >= 4 is 28.2 Å². The molecule has 24 heavy (non-hydrogen) atoms. The minimum Gasteiger partial charge on any atom is -0.376 e. The molecule has 4 rings (SSSR count). The molecule has 1 aromatic carbocycles. The summed E-state index contributed by atoms with van der Waals surface area (Å²) in [7, 11) is 0. The van der Waals surface area contributed by atoms with Gasteiger partial charge in [-0.05, 0) is 29.9 Å². The number of benzene rings is 1. The number of thiophene rings is 1. The first kappa shape index (κ1) is 15.4. The van der Waals surface area contributed by atoms with Gasteiger partial charge in [-0.25, -0.2) is 0 Å². The number of ether oxygens (including phenoxy) is 1. The Morgan fingerprint density at radius 1 is 1.25 bits per heavy atom. The number of anilines is 1. The molecule has 124 valence electrons. The van der Waals surface area contributed by atoms with E-state index in [1.54, 1.807) is 0 Å².